The third-order valence-electron chi connectivity index (χ3n) is 3.88. The third-order valence-corrected chi connectivity index (χ3v) is 3.88. The number of Topliss-reactive ketones (excluding diaryl/α,β-unsaturated/α-hetero) is 1. The van der Waals surface area contributed by atoms with E-state index in [1.807, 2.05) is 18.7 Å². The highest BCUT2D eigenvalue weighted by molar-refractivity contribution is 5.91. The molecule has 3 heterocycles. The molecule has 0 aromatic carbocycles. The number of hydrogen-bond donors (Lipinski definition) is 0. The van der Waals surface area contributed by atoms with Crippen LogP contribution in [0.4, 0.5) is 0 Å². The Morgan fingerprint density at radius 1 is 1.44 bits per heavy atom. The van der Waals surface area contributed by atoms with Gasteiger partial charge >= 0.3 is 0 Å². The molecule has 4 nitrogen and oxygen atoms in total. The van der Waals surface area contributed by atoms with E-state index in [0.29, 0.717) is 6.54 Å². The average molecular weight is 224 g/mol. The van der Waals surface area contributed by atoms with E-state index in [-0.39, 0.29) is 23.5 Å². The van der Waals surface area contributed by atoms with Crippen LogP contribution in [-0.4, -0.2) is 54.2 Å². The van der Waals surface area contributed by atoms with Crippen molar-refractivity contribution in [3.63, 3.8) is 0 Å². The van der Waals surface area contributed by atoms with Gasteiger partial charge in [-0.2, -0.15) is 0 Å². The normalized spacial score (nSPS) is 32.9. The first kappa shape index (κ1) is 11.6. The van der Waals surface area contributed by atoms with Gasteiger partial charge in [0.15, 0.2) is 5.78 Å². The van der Waals surface area contributed by atoms with Gasteiger partial charge in [0.25, 0.3) is 0 Å². The van der Waals surface area contributed by atoms with Crippen molar-refractivity contribution in [2.45, 2.75) is 20.3 Å². The number of amides is 1. The molecule has 3 aliphatic heterocycles. The van der Waals surface area contributed by atoms with Gasteiger partial charge in [0, 0.05) is 25.6 Å². The average Bonchev–Trinajstić information content (AvgIpc) is 2.30. The van der Waals surface area contributed by atoms with Crippen LogP contribution in [0.15, 0.2) is 0 Å². The van der Waals surface area contributed by atoms with Crippen molar-refractivity contribution in [3.8, 4) is 0 Å². The predicted octanol–water partition coefficient (Wildman–Crippen LogP) is 0.376. The highest BCUT2D eigenvalue weighted by Gasteiger charge is 2.44. The summed E-state index contributed by atoms with van der Waals surface area (Å²) in [5.41, 5.74) is 0. The van der Waals surface area contributed by atoms with Crippen LogP contribution < -0.4 is 0 Å². The van der Waals surface area contributed by atoms with Crippen LogP contribution in [0.2, 0.25) is 0 Å². The van der Waals surface area contributed by atoms with Gasteiger partial charge in [-0.15, -0.1) is 0 Å². The Morgan fingerprint density at radius 3 is 2.62 bits per heavy atom. The molecule has 0 radical (unpaired) electrons. The van der Waals surface area contributed by atoms with Crippen LogP contribution in [0.1, 0.15) is 20.3 Å². The standard InChI is InChI=1S/C12H20N2O2/c1-3-14(4-2)12(16)10-7-13-6-5-9(10)11(15)8-13/h9-10H,3-8H2,1-2H3/t9?,10-/m0/s1. The van der Waals surface area contributed by atoms with Gasteiger partial charge in [0.1, 0.15) is 0 Å². The minimum Gasteiger partial charge on any atom is -0.343 e. The molecule has 1 amide bonds. The molecule has 3 atom stereocenters. The van der Waals surface area contributed by atoms with Crippen molar-refractivity contribution >= 4 is 11.7 Å². The second-order valence-corrected chi connectivity index (χ2v) is 4.71. The lowest BCUT2D eigenvalue weighted by atomic mass is 9.77. The van der Waals surface area contributed by atoms with Crippen LogP contribution >= 0.6 is 0 Å². The van der Waals surface area contributed by atoms with Gasteiger partial charge in [-0.1, -0.05) is 0 Å². The quantitative estimate of drug-likeness (QED) is 0.695. The van der Waals surface area contributed by atoms with Gasteiger partial charge in [-0.25, -0.2) is 0 Å². The second kappa shape index (κ2) is 4.53. The third kappa shape index (κ3) is 1.86. The van der Waals surface area contributed by atoms with Crippen molar-refractivity contribution in [1.82, 2.24) is 9.80 Å². The Hall–Kier alpha value is -0.900. The number of ketones is 1. The van der Waals surface area contributed by atoms with Crippen molar-refractivity contribution in [1.29, 1.82) is 0 Å². The number of carbonyl (C=O) groups is 2. The number of carbonyl (C=O) groups excluding carboxylic acids is 2. The molecular formula is C12H20N2O2. The molecule has 0 aromatic rings. The first-order valence-electron chi connectivity index (χ1n) is 6.21. The topological polar surface area (TPSA) is 40.6 Å². The van der Waals surface area contributed by atoms with Crippen molar-refractivity contribution in [3.05, 3.63) is 0 Å². The minimum atomic E-state index is -0.0742. The molecule has 4 heteroatoms. The zero-order chi connectivity index (χ0) is 11.7. The fourth-order valence-electron chi connectivity index (χ4n) is 2.91. The van der Waals surface area contributed by atoms with E-state index in [4.69, 9.17) is 0 Å². The molecule has 3 fully saturated rings. The van der Waals surface area contributed by atoms with Gasteiger partial charge in [-0.05, 0) is 26.8 Å². The monoisotopic (exact) mass is 224 g/mol. The summed E-state index contributed by atoms with van der Waals surface area (Å²) >= 11 is 0. The van der Waals surface area contributed by atoms with Crippen LogP contribution in [-0.2, 0) is 9.59 Å². The highest BCUT2D eigenvalue weighted by atomic mass is 16.2. The first-order chi connectivity index (χ1) is 7.67. The van der Waals surface area contributed by atoms with Gasteiger partial charge in [0.2, 0.25) is 5.91 Å². The number of nitrogens with zero attached hydrogens (tertiary/aromatic N) is 2. The summed E-state index contributed by atoms with van der Waals surface area (Å²) in [5, 5.41) is 0. The Morgan fingerprint density at radius 2 is 2.12 bits per heavy atom. The SMILES string of the molecule is CCN(CC)C(=O)[C@H]1CN2CCC1C(=O)C2. The van der Waals surface area contributed by atoms with E-state index >= 15 is 0 Å². The summed E-state index contributed by atoms with van der Waals surface area (Å²) < 4.78 is 0. The number of fused-ring (bicyclic) bond motifs is 3. The Labute approximate surface area is 96.6 Å². The van der Waals surface area contributed by atoms with Gasteiger partial charge in [0.05, 0.1) is 12.5 Å². The van der Waals surface area contributed by atoms with E-state index in [2.05, 4.69) is 4.90 Å². The molecule has 16 heavy (non-hydrogen) atoms. The molecule has 0 N–H and O–H groups in total. The maximum atomic E-state index is 12.2. The lowest BCUT2D eigenvalue weighted by Gasteiger charge is -2.43. The van der Waals surface area contributed by atoms with Crippen molar-refractivity contribution in [2.75, 3.05) is 32.7 Å². The summed E-state index contributed by atoms with van der Waals surface area (Å²) in [5.74, 6) is 0.365. The van der Waals surface area contributed by atoms with Crippen LogP contribution in [0.25, 0.3) is 0 Å². The summed E-state index contributed by atoms with van der Waals surface area (Å²) in [6, 6.07) is 0. The lowest BCUT2D eigenvalue weighted by molar-refractivity contribution is -0.149. The van der Waals surface area contributed by atoms with Gasteiger partial charge < -0.3 is 4.90 Å². The predicted molar refractivity (Wildman–Crippen MR) is 61.0 cm³/mol. The molecule has 0 aromatic heterocycles. The first-order valence-corrected chi connectivity index (χ1v) is 6.21. The zero-order valence-electron chi connectivity index (χ0n) is 10.1. The van der Waals surface area contributed by atoms with E-state index in [1.165, 1.54) is 0 Å². The van der Waals surface area contributed by atoms with E-state index in [9.17, 15) is 9.59 Å². The summed E-state index contributed by atoms with van der Waals surface area (Å²) in [6.07, 6.45) is 0.872. The molecule has 0 saturated carbocycles. The molecule has 3 saturated heterocycles. The molecule has 3 aliphatic rings. The molecule has 2 bridgehead atoms. The summed E-state index contributed by atoms with van der Waals surface area (Å²) in [4.78, 5) is 28.0. The summed E-state index contributed by atoms with van der Waals surface area (Å²) in [7, 11) is 0. The molecular weight excluding hydrogens is 204 g/mol. The number of piperidine rings is 3. The minimum absolute atomic E-state index is 0.00176. The van der Waals surface area contributed by atoms with E-state index in [0.717, 1.165) is 32.6 Å². The number of rotatable bonds is 3. The molecule has 2 unspecified atom stereocenters. The number of hydrogen-bond acceptors (Lipinski definition) is 3. The van der Waals surface area contributed by atoms with Gasteiger partial charge in [-0.3, -0.25) is 14.5 Å². The fourth-order valence-corrected chi connectivity index (χ4v) is 2.91. The maximum Gasteiger partial charge on any atom is 0.227 e. The maximum absolute atomic E-state index is 12.2. The Bertz CT molecular complexity index is 299. The second-order valence-electron chi connectivity index (χ2n) is 4.71. The van der Waals surface area contributed by atoms with Crippen LogP contribution in [0.5, 0.6) is 0 Å². The van der Waals surface area contributed by atoms with Crippen LogP contribution in [0.3, 0.4) is 0 Å². The van der Waals surface area contributed by atoms with Crippen LogP contribution in [0, 0.1) is 11.8 Å². The van der Waals surface area contributed by atoms with E-state index < -0.39 is 0 Å². The molecule has 0 aliphatic carbocycles. The Balaban J connectivity index is 2.10. The highest BCUT2D eigenvalue weighted by Crippen LogP contribution is 2.31. The van der Waals surface area contributed by atoms with Crippen molar-refractivity contribution < 1.29 is 9.59 Å². The molecule has 0 spiro atoms. The largest absolute Gasteiger partial charge is 0.343 e. The molecule has 3 rings (SSSR count). The lowest BCUT2D eigenvalue weighted by Crippen LogP contribution is -2.57. The summed E-state index contributed by atoms with van der Waals surface area (Å²) in [6.45, 7) is 7.80. The fraction of sp³-hybridized carbons (Fsp3) is 0.833. The van der Waals surface area contributed by atoms with Crippen molar-refractivity contribution in [2.24, 2.45) is 11.8 Å². The van der Waals surface area contributed by atoms with E-state index in [1.54, 1.807) is 0 Å². The Kier molecular flexibility index (Phi) is 3.28. The molecule has 90 valence electrons. The smallest absolute Gasteiger partial charge is 0.227 e. The zero-order valence-corrected chi connectivity index (χ0v) is 10.1.